The van der Waals surface area contributed by atoms with Crippen LogP contribution in [0.4, 0.5) is 0 Å². The highest BCUT2D eigenvalue weighted by molar-refractivity contribution is 5.79. The van der Waals surface area contributed by atoms with E-state index in [0.29, 0.717) is 12.0 Å². The van der Waals surface area contributed by atoms with Gasteiger partial charge < -0.3 is 15.0 Å². The molecule has 1 unspecified atom stereocenters. The van der Waals surface area contributed by atoms with Gasteiger partial charge in [-0.2, -0.15) is 5.10 Å². The lowest BCUT2D eigenvalue weighted by atomic mass is 10.1. The predicted octanol–water partition coefficient (Wildman–Crippen LogP) is 2.04. The van der Waals surface area contributed by atoms with Crippen molar-refractivity contribution >= 4 is 5.96 Å². The molecular weight excluding hydrogens is 290 g/mol. The van der Waals surface area contributed by atoms with Crippen LogP contribution in [0.1, 0.15) is 43.8 Å². The van der Waals surface area contributed by atoms with E-state index in [9.17, 15) is 0 Å². The van der Waals surface area contributed by atoms with Crippen molar-refractivity contribution in [3.63, 3.8) is 0 Å². The number of ether oxygens (including phenoxy) is 1. The second-order valence-electron chi connectivity index (χ2n) is 6.74. The fourth-order valence-electron chi connectivity index (χ4n) is 3.60. The van der Waals surface area contributed by atoms with Crippen molar-refractivity contribution in [3.05, 3.63) is 18.0 Å². The second kappa shape index (κ2) is 7.81. The van der Waals surface area contributed by atoms with Gasteiger partial charge >= 0.3 is 0 Å². The average molecular weight is 319 g/mol. The van der Waals surface area contributed by atoms with Gasteiger partial charge in [-0.05, 0) is 25.3 Å². The number of guanidine groups is 1. The van der Waals surface area contributed by atoms with Crippen molar-refractivity contribution in [1.82, 2.24) is 20.0 Å². The zero-order valence-corrected chi connectivity index (χ0v) is 14.4. The molecule has 1 aliphatic heterocycles. The first kappa shape index (κ1) is 16.3. The van der Waals surface area contributed by atoms with Gasteiger partial charge in [-0.1, -0.05) is 12.8 Å². The first-order valence-electron chi connectivity index (χ1n) is 8.80. The van der Waals surface area contributed by atoms with Crippen LogP contribution in [-0.2, 0) is 11.3 Å². The van der Waals surface area contributed by atoms with Crippen LogP contribution >= 0.6 is 0 Å². The first-order valence-corrected chi connectivity index (χ1v) is 8.80. The minimum Gasteiger partial charge on any atom is -0.381 e. The topological polar surface area (TPSA) is 54.7 Å². The number of nitrogens with zero attached hydrogens (tertiary/aromatic N) is 4. The summed E-state index contributed by atoms with van der Waals surface area (Å²) < 4.78 is 7.60. The SMILES string of the molecule is CN=C(NCc1ccn(C2CCCC2)n1)N(C)CC1CCOC1. The Kier molecular flexibility index (Phi) is 5.54. The molecule has 1 atom stereocenters. The Morgan fingerprint density at radius 3 is 2.96 bits per heavy atom. The van der Waals surface area contributed by atoms with Gasteiger partial charge in [-0.15, -0.1) is 0 Å². The smallest absolute Gasteiger partial charge is 0.193 e. The molecule has 6 nitrogen and oxygen atoms in total. The van der Waals surface area contributed by atoms with Gasteiger partial charge in [0.1, 0.15) is 0 Å². The maximum absolute atomic E-state index is 5.45. The summed E-state index contributed by atoms with van der Waals surface area (Å²) in [7, 11) is 3.92. The molecule has 3 rings (SSSR count). The summed E-state index contributed by atoms with van der Waals surface area (Å²) in [4.78, 5) is 6.57. The average Bonchev–Trinajstić information content (AvgIpc) is 3.30. The van der Waals surface area contributed by atoms with Crippen LogP contribution in [0, 0.1) is 5.92 Å². The summed E-state index contributed by atoms with van der Waals surface area (Å²) in [5.74, 6) is 1.53. The number of hydrogen-bond donors (Lipinski definition) is 1. The number of rotatable bonds is 5. The van der Waals surface area contributed by atoms with Crippen molar-refractivity contribution in [2.45, 2.75) is 44.7 Å². The van der Waals surface area contributed by atoms with Crippen LogP contribution in [-0.4, -0.2) is 54.5 Å². The predicted molar refractivity (Wildman–Crippen MR) is 91.5 cm³/mol. The molecule has 0 spiro atoms. The molecule has 1 saturated heterocycles. The second-order valence-corrected chi connectivity index (χ2v) is 6.74. The van der Waals surface area contributed by atoms with Crippen molar-refractivity contribution in [2.24, 2.45) is 10.9 Å². The number of aromatic nitrogens is 2. The van der Waals surface area contributed by atoms with Crippen LogP contribution in [0.25, 0.3) is 0 Å². The summed E-state index contributed by atoms with van der Waals surface area (Å²) >= 11 is 0. The van der Waals surface area contributed by atoms with Crippen molar-refractivity contribution in [3.8, 4) is 0 Å². The Morgan fingerprint density at radius 1 is 1.43 bits per heavy atom. The molecule has 23 heavy (non-hydrogen) atoms. The zero-order valence-electron chi connectivity index (χ0n) is 14.4. The molecule has 0 amide bonds. The molecule has 0 aromatic carbocycles. The molecule has 1 aromatic heterocycles. The molecule has 2 heterocycles. The Hall–Kier alpha value is -1.56. The Balaban J connectivity index is 1.49. The summed E-state index contributed by atoms with van der Waals surface area (Å²) in [5.41, 5.74) is 1.08. The lowest BCUT2D eigenvalue weighted by Crippen LogP contribution is -2.41. The highest BCUT2D eigenvalue weighted by atomic mass is 16.5. The van der Waals surface area contributed by atoms with E-state index >= 15 is 0 Å². The fourth-order valence-corrected chi connectivity index (χ4v) is 3.60. The number of aliphatic imine (C=N–C) groups is 1. The molecule has 1 N–H and O–H groups in total. The molecule has 2 fully saturated rings. The fraction of sp³-hybridized carbons (Fsp3) is 0.765. The van der Waals surface area contributed by atoms with Crippen LogP contribution in [0.2, 0.25) is 0 Å². The van der Waals surface area contributed by atoms with E-state index in [1.54, 1.807) is 0 Å². The van der Waals surface area contributed by atoms with E-state index in [1.165, 1.54) is 25.7 Å². The zero-order chi connectivity index (χ0) is 16.1. The Morgan fingerprint density at radius 2 is 2.26 bits per heavy atom. The highest BCUT2D eigenvalue weighted by Crippen LogP contribution is 2.28. The summed E-state index contributed by atoms with van der Waals surface area (Å²) in [6.07, 6.45) is 8.47. The third-order valence-corrected chi connectivity index (χ3v) is 4.92. The molecule has 2 aliphatic rings. The van der Waals surface area contributed by atoms with Gasteiger partial charge in [-0.3, -0.25) is 9.67 Å². The van der Waals surface area contributed by atoms with Gasteiger partial charge in [-0.25, -0.2) is 0 Å². The number of hydrogen-bond acceptors (Lipinski definition) is 3. The first-order chi connectivity index (χ1) is 11.3. The molecule has 0 bridgehead atoms. The molecule has 6 heteroatoms. The Labute approximate surface area is 138 Å². The molecular formula is C17H29N5O. The highest BCUT2D eigenvalue weighted by Gasteiger charge is 2.20. The monoisotopic (exact) mass is 319 g/mol. The van der Waals surface area contributed by atoms with E-state index < -0.39 is 0 Å². The van der Waals surface area contributed by atoms with Crippen LogP contribution in [0.3, 0.4) is 0 Å². The van der Waals surface area contributed by atoms with Gasteiger partial charge in [0.2, 0.25) is 0 Å². The Bertz CT molecular complexity index is 515. The van der Waals surface area contributed by atoms with E-state index in [4.69, 9.17) is 9.84 Å². The summed E-state index contributed by atoms with van der Waals surface area (Å²) in [6, 6.07) is 2.72. The quantitative estimate of drug-likeness (QED) is 0.666. The molecule has 1 aromatic rings. The lowest BCUT2D eigenvalue weighted by molar-refractivity contribution is 0.181. The normalized spacial score (nSPS) is 22.7. The van der Waals surface area contributed by atoms with Crippen LogP contribution in [0.5, 0.6) is 0 Å². The van der Waals surface area contributed by atoms with Crippen molar-refractivity contribution in [1.29, 1.82) is 0 Å². The minimum atomic E-state index is 0.605. The summed E-state index contributed by atoms with van der Waals surface area (Å²) in [5, 5.41) is 8.14. The molecule has 1 saturated carbocycles. The van der Waals surface area contributed by atoms with E-state index in [1.807, 2.05) is 7.05 Å². The van der Waals surface area contributed by atoms with Crippen LogP contribution in [0.15, 0.2) is 17.3 Å². The van der Waals surface area contributed by atoms with Gasteiger partial charge in [0, 0.05) is 39.4 Å². The maximum atomic E-state index is 5.45. The largest absolute Gasteiger partial charge is 0.381 e. The number of nitrogens with one attached hydrogen (secondary N) is 1. The molecule has 128 valence electrons. The third-order valence-electron chi connectivity index (χ3n) is 4.92. The molecule has 1 aliphatic carbocycles. The minimum absolute atomic E-state index is 0.605. The van der Waals surface area contributed by atoms with Gasteiger partial charge in [0.15, 0.2) is 5.96 Å². The van der Waals surface area contributed by atoms with Crippen molar-refractivity contribution < 1.29 is 4.74 Å². The van der Waals surface area contributed by atoms with Gasteiger partial charge in [0.25, 0.3) is 0 Å². The maximum Gasteiger partial charge on any atom is 0.193 e. The van der Waals surface area contributed by atoms with E-state index in [2.05, 4.69) is 39.2 Å². The molecule has 0 radical (unpaired) electrons. The summed E-state index contributed by atoms with van der Waals surface area (Å²) in [6.45, 7) is 3.46. The van der Waals surface area contributed by atoms with E-state index in [0.717, 1.165) is 44.4 Å². The van der Waals surface area contributed by atoms with Crippen molar-refractivity contribution in [2.75, 3.05) is 33.9 Å². The van der Waals surface area contributed by atoms with E-state index in [-0.39, 0.29) is 0 Å². The van der Waals surface area contributed by atoms with Gasteiger partial charge in [0.05, 0.1) is 24.9 Å². The lowest BCUT2D eigenvalue weighted by Gasteiger charge is -2.24. The van der Waals surface area contributed by atoms with Crippen LogP contribution < -0.4 is 5.32 Å². The standard InChI is InChI=1S/C17H29N5O/c1-18-17(21(2)12-14-8-10-23-13-14)19-11-15-7-9-22(20-15)16-5-3-4-6-16/h7,9,14,16H,3-6,8,10-13H2,1-2H3,(H,18,19). The third kappa shape index (κ3) is 4.25.